The first-order valence-corrected chi connectivity index (χ1v) is 12.3. The maximum absolute atomic E-state index is 15.1. The van der Waals surface area contributed by atoms with Crippen molar-refractivity contribution in [2.45, 2.75) is 51.4 Å². The van der Waals surface area contributed by atoms with Crippen LogP contribution in [0.2, 0.25) is 0 Å². The van der Waals surface area contributed by atoms with Crippen LogP contribution in [-0.2, 0) is 14.4 Å². The number of hydrogen-bond donors (Lipinski definition) is 3. The molecule has 7 nitrogen and oxygen atoms in total. The molecule has 3 atom stereocenters. The van der Waals surface area contributed by atoms with Crippen LogP contribution in [-0.4, -0.2) is 35.8 Å². The van der Waals surface area contributed by atoms with Crippen molar-refractivity contribution in [1.29, 1.82) is 0 Å². The molecule has 1 heterocycles. The van der Waals surface area contributed by atoms with Gasteiger partial charge < -0.3 is 16.4 Å². The number of primary amides is 1. The molecular weight excluding hydrogens is 504 g/mol. The molecule has 0 radical (unpaired) electrons. The molecule has 0 bridgehead atoms. The molecule has 38 heavy (non-hydrogen) atoms. The van der Waals surface area contributed by atoms with E-state index in [2.05, 4.69) is 15.6 Å². The van der Waals surface area contributed by atoms with Crippen molar-refractivity contribution in [2.75, 3.05) is 5.32 Å². The van der Waals surface area contributed by atoms with E-state index in [9.17, 15) is 27.6 Å². The second-order valence-electron chi connectivity index (χ2n) is 9.81. The van der Waals surface area contributed by atoms with Gasteiger partial charge in [-0.25, -0.2) is 9.38 Å². The highest BCUT2D eigenvalue weighted by Crippen LogP contribution is 2.39. The number of aliphatic imine (C=N–C) groups is 1. The van der Waals surface area contributed by atoms with Crippen LogP contribution in [0.4, 0.5) is 23.2 Å². The van der Waals surface area contributed by atoms with Crippen molar-refractivity contribution >= 4 is 29.1 Å². The molecule has 1 aliphatic carbocycles. The zero-order valence-electron chi connectivity index (χ0n) is 20.6. The van der Waals surface area contributed by atoms with Crippen molar-refractivity contribution in [2.24, 2.45) is 28.5 Å². The number of fused-ring (bicyclic) bond motifs is 1. The molecule has 0 unspecified atom stereocenters. The van der Waals surface area contributed by atoms with Gasteiger partial charge in [-0.15, -0.1) is 0 Å². The highest BCUT2D eigenvalue weighted by Gasteiger charge is 2.41. The van der Waals surface area contributed by atoms with Crippen LogP contribution < -0.4 is 16.4 Å². The van der Waals surface area contributed by atoms with Gasteiger partial charge in [0.25, 0.3) is 5.91 Å². The Morgan fingerprint density at radius 2 is 1.82 bits per heavy atom. The third kappa shape index (κ3) is 6.38. The lowest BCUT2D eigenvalue weighted by Crippen LogP contribution is -2.48. The van der Waals surface area contributed by atoms with Crippen molar-refractivity contribution in [3.8, 4) is 0 Å². The number of benzodiazepines with no additional fused rings is 1. The first kappa shape index (κ1) is 27.3. The van der Waals surface area contributed by atoms with Gasteiger partial charge in [0.2, 0.25) is 18.0 Å². The maximum atomic E-state index is 15.1. The van der Waals surface area contributed by atoms with Crippen LogP contribution in [0.15, 0.2) is 47.5 Å². The van der Waals surface area contributed by atoms with E-state index in [1.165, 1.54) is 0 Å². The largest absolute Gasteiger partial charge is 0.389 e. The highest BCUT2D eigenvalue weighted by molar-refractivity contribution is 6.20. The summed E-state index contributed by atoms with van der Waals surface area (Å²) in [4.78, 5) is 43.2. The summed E-state index contributed by atoms with van der Waals surface area (Å²) in [6.07, 6.45) is -6.25. The smallest absolute Gasteiger partial charge is 0.369 e. The zero-order valence-corrected chi connectivity index (χ0v) is 20.6. The fraction of sp³-hybridized carbons (Fsp3) is 0.407. The summed E-state index contributed by atoms with van der Waals surface area (Å²) >= 11 is 0. The van der Waals surface area contributed by atoms with Crippen LogP contribution in [0, 0.1) is 30.5 Å². The van der Waals surface area contributed by atoms with Crippen LogP contribution in [0.1, 0.15) is 48.8 Å². The predicted octanol–water partition coefficient (Wildman–Crippen LogP) is 4.23. The van der Waals surface area contributed by atoms with Crippen LogP contribution >= 0.6 is 0 Å². The standard InChI is InChI=1S/C27H28F4N4O3/c1-14-7-10-18-21(16-5-3-2-4-6-16)33-24(26(38)34-22(18)20(14)28)35-25(37)19(13-15-8-9-15)17(23(32)36)11-12-27(29,30)31/h2-7,10,15,17,19,24H,8-9,11-13H2,1H3,(H2,32,36)(H,34,38)(H,35,37)/t17-,19+,24-/m1/s1. The first-order valence-electron chi connectivity index (χ1n) is 12.3. The molecule has 1 saturated carbocycles. The molecule has 2 aromatic carbocycles. The van der Waals surface area contributed by atoms with Gasteiger partial charge in [0.15, 0.2) is 0 Å². The van der Waals surface area contributed by atoms with E-state index in [4.69, 9.17) is 5.73 Å². The molecule has 202 valence electrons. The molecule has 2 aliphatic rings. The van der Waals surface area contributed by atoms with Crippen molar-refractivity contribution < 1.29 is 31.9 Å². The van der Waals surface area contributed by atoms with E-state index in [0.29, 0.717) is 11.1 Å². The fourth-order valence-corrected chi connectivity index (χ4v) is 4.64. The Hall–Kier alpha value is -3.76. The van der Waals surface area contributed by atoms with E-state index in [1.807, 2.05) is 0 Å². The lowest BCUT2D eigenvalue weighted by Gasteiger charge is -2.26. The van der Waals surface area contributed by atoms with Gasteiger partial charge in [-0.3, -0.25) is 14.4 Å². The van der Waals surface area contributed by atoms with Crippen molar-refractivity contribution in [3.63, 3.8) is 0 Å². The van der Waals surface area contributed by atoms with Crippen molar-refractivity contribution in [1.82, 2.24) is 5.32 Å². The number of carbonyl (C=O) groups excluding carboxylic acids is 3. The van der Waals surface area contributed by atoms with Crippen molar-refractivity contribution in [3.05, 3.63) is 65.0 Å². The molecule has 0 spiro atoms. The molecule has 11 heteroatoms. The SMILES string of the molecule is Cc1ccc2c(c1F)NC(=O)[C@@H](NC(=O)[C@@H](CC1CC1)[C@@H](CCC(F)(F)F)C(N)=O)N=C2c1ccccc1. The number of carbonyl (C=O) groups is 3. The van der Waals surface area contributed by atoms with Gasteiger partial charge in [-0.1, -0.05) is 55.3 Å². The van der Waals surface area contributed by atoms with Gasteiger partial charge >= 0.3 is 6.18 Å². The monoisotopic (exact) mass is 532 g/mol. The van der Waals surface area contributed by atoms with E-state index in [1.54, 1.807) is 49.4 Å². The topological polar surface area (TPSA) is 114 Å². The minimum absolute atomic E-state index is 0.0751. The number of rotatable bonds is 9. The Morgan fingerprint density at radius 3 is 2.42 bits per heavy atom. The maximum Gasteiger partial charge on any atom is 0.389 e. The number of benzene rings is 2. The predicted molar refractivity (Wildman–Crippen MR) is 133 cm³/mol. The van der Waals surface area contributed by atoms with Gasteiger partial charge in [-0.05, 0) is 31.2 Å². The molecule has 4 N–H and O–H groups in total. The lowest BCUT2D eigenvalue weighted by molar-refractivity contribution is -0.146. The minimum atomic E-state index is -4.53. The second kappa shape index (κ2) is 10.9. The van der Waals surface area contributed by atoms with Crippen LogP contribution in [0.5, 0.6) is 0 Å². The molecule has 1 aliphatic heterocycles. The summed E-state index contributed by atoms with van der Waals surface area (Å²) in [6, 6.07) is 11.8. The number of aryl methyl sites for hydroxylation is 1. The average molecular weight is 533 g/mol. The van der Waals surface area contributed by atoms with E-state index >= 15 is 4.39 Å². The number of nitrogens with zero attached hydrogens (tertiary/aromatic N) is 1. The summed E-state index contributed by atoms with van der Waals surface area (Å²) in [6.45, 7) is 1.54. The van der Waals surface area contributed by atoms with Gasteiger partial charge in [0.1, 0.15) is 5.82 Å². The Labute approximate surface area is 216 Å². The third-order valence-corrected chi connectivity index (χ3v) is 6.88. The van der Waals surface area contributed by atoms with E-state index < -0.39 is 60.6 Å². The summed E-state index contributed by atoms with van der Waals surface area (Å²) < 4.78 is 53.9. The minimum Gasteiger partial charge on any atom is -0.369 e. The molecule has 0 aromatic heterocycles. The normalized spacial score (nSPS) is 18.9. The molecule has 4 rings (SSSR count). The third-order valence-electron chi connectivity index (χ3n) is 6.88. The number of nitrogens with one attached hydrogen (secondary N) is 2. The van der Waals surface area contributed by atoms with E-state index in [-0.39, 0.29) is 29.3 Å². The zero-order chi connectivity index (χ0) is 27.6. The Balaban J connectivity index is 1.68. The summed E-state index contributed by atoms with van der Waals surface area (Å²) in [5.74, 6) is -5.77. The second-order valence-corrected chi connectivity index (χ2v) is 9.81. The Kier molecular flexibility index (Phi) is 7.84. The Bertz CT molecular complexity index is 1260. The van der Waals surface area contributed by atoms with Gasteiger partial charge in [0.05, 0.1) is 11.4 Å². The van der Waals surface area contributed by atoms with E-state index in [0.717, 1.165) is 12.8 Å². The van der Waals surface area contributed by atoms with Gasteiger partial charge in [-0.2, -0.15) is 13.2 Å². The highest BCUT2D eigenvalue weighted by atomic mass is 19.4. The number of nitrogens with two attached hydrogens (primary N) is 1. The molecule has 2 aromatic rings. The molecule has 1 fully saturated rings. The summed E-state index contributed by atoms with van der Waals surface area (Å²) in [5.41, 5.74) is 6.74. The molecule has 0 saturated heterocycles. The number of halogens is 4. The first-order chi connectivity index (χ1) is 17.9. The number of anilines is 1. The fourth-order valence-electron chi connectivity index (χ4n) is 4.64. The van der Waals surface area contributed by atoms with Crippen LogP contribution in [0.3, 0.4) is 0 Å². The number of alkyl halides is 3. The summed E-state index contributed by atoms with van der Waals surface area (Å²) in [7, 11) is 0. The lowest BCUT2D eigenvalue weighted by atomic mass is 9.83. The van der Waals surface area contributed by atoms with Crippen LogP contribution in [0.25, 0.3) is 0 Å². The summed E-state index contributed by atoms with van der Waals surface area (Å²) in [5, 5.41) is 4.99. The Morgan fingerprint density at radius 1 is 1.13 bits per heavy atom. The quantitative estimate of drug-likeness (QED) is 0.420. The molecular formula is C27H28F4N4O3. The number of amides is 3. The number of hydrogen-bond acceptors (Lipinski definition) is 4. The molecule has 3 amide bonds. The average Bonchev–Trinajstić information content (AvgIpc) is 3.69. The van der Waals surface area contributed by atoms with Gasteiger partial charge in [0, 0.05) is 29.4 Å².